The van der Waals surface area contributed by atoms with Crippen molar-refractivity contribution in [2.24, 2.45) is 0 Å². The van der Waals surface area contributed by atoms with Crippen molar-refractivity contribution in [2.45, 2.75) is 0 Å². The van der Waals surface area contributed by atoms with Gasteiger partial charge in [-0.2, -0.15) is 0 Å². The van der Waals surface area contributed by atoms with Gasteiger partial charge < -0.3 is 9.47 Å². The molecule has 2 nitrogen and oxygen atoms in total. The van der Waals surface area contributed by atoms with Crippen molar-refractivity contribution in [1.29, 1.82) is 0 Å². The van der Waals surface area contributed by atoms with Crippen LogP contribution < -0.4 is 4.90 Å². The quantitative estimate of drug-likeness (QED) is 0.162. The predicted octanol–water partition coefficient (Wildman–Crippen LogP) is 14.4. The van der Waals surface area contributed by atoms with Crippen LogP contribution >= 0.6 is 0 Å². The van der Waals surface area contributed by atoms with Gasteiger partial charge in [0.2, 0.25) is 0 Å². The first kappa shape index (κ1) is 31.6. The van der Waals surface area contributed by atoms with Gasteiger partial charge in [0.1, 0.15) is 0 Å². The smallest absolute Gasteiger partial charge is 0.0568 e. The minimum atomic E-state index is 1.10. The monoisotopic (exact) mass is 688 g/mol. The van der Waals surface area contributed by atoms with Crippen LogP contribution in [0.5, 0.6) is 0 Å². The van der Waals surface area contributed by atoms with Crippen LogP contribution in [-0.4, -0.2) is 4.57 Å². The Morgan fingerprint density at radius 2 is 0.759 bits per heavy atom. The summed E-state index contributed by atoms with van der Waals surface area (Å²) >= 11 is 0. The highest BCUT2D eigenvalue weighted by molar-refractivity contribution is 6.24. The molecule has 254 valence electrons. The van der Waals surface area contributed by atoms with Gasteiger partial charge >= 0.3 is 0 Å². The number of rotatable bonds is 7. The first-order valence-corrected chi connectivity index (χ1v) is 18.5. The Kier molecular flexibility index (Phi) is 7.85. The Morgan fingerprint density at radius 3 is 1.35 bits per heavy atom. The van der Waals surface area contributed by atoms with Crippen LogP contribution in [0.25, 0.3) is 71.6 Å². The zero-order chi connectivity index (χ0) is 35.8. The zero-order valence-corrected chi connectivity index (χ0v) is 29.7. The second kappa shape index (κ2) is 13.4. The van der Waals surface area contributed by atoms with Crippen molar-refractivity contribution < 1.29 is 0 Å². The molecule has 0 atom stereocenters. The molecule has 1 heterocycles. The molecule has 10 aromatic rings. The summed E-state index contributed by atoms with van der Waals surface area (Å²) < 4.78 is 2.47. The molecule has 0 aliphatic rings. The van der Waals surface area contributed by atoms with Crippen molar-refractivity contribution in [3.63, 3.8) is 0 Å². The fraction of sp³-hybridized carbons (Fsp3) is 0. The zero-order valence-electron chi connectivity index (χ0n) is 29.7. The van der Waals surface area contributed by atoms with E-state index in [9.17, 15) is 0 Å². The predicted molar refractivity (Wildman–Crippen MR) is 229 cm³/mol. The average Bonchev–Trinajstić information content (AvgIpc) is 3.59. The third kappa shape index (κ3) is 5.44. The second-order valence-electron chi connectivity index (χ2n) is 13.7. The maximum atomic E-state index is 2.47. The highest BCUT2D eigenvalue weighted by Crippen LogP contribution is 2.46. The van der Waals surface area contributed by atoms with Gasteiger partial charge in [-0.05, 0) is 75.7 Å². The molecular formula is C52H36N2. The van der Waals surface area contributed by atoms with Gasteiger partial charge in [0.15, 0.2) is 0 Å². The molecule has 0 aliphatic carbocycles. The van der Waals surface area contributed by atoms with E-state index in [1.54, 1.807) is 0 Å². The summed E-state index contributed by atoms with van der Waals surface area (Å²) in [6.45, 7) is 0. The fourth-order valence-electron chi connectivity index (χ4n) is 8.08. The maximum Gasteiger partial charge on any atom is 0.0568 e. The largest absolute Gasteiger partial charge is 0.310 e. The molecule has 0 saturated carbocycles. The van der Waals surface area contributed by atoms with E-state index in [4.69, 9.17) is 0 Å². The Hall–Kier alpha value is -7.16. The van der Waals surface area contributed by atoms with E-state index in [0.29, 0.717) is 0 Å². The van der Waals surface area contributed by atoms with E-state index < -0.39 is 0 Å². The minimum Gasteiger partial charge on any atom is -0.310 e. The first-order chi connectivity index (χ1) is 26.8. The van der Waals surface area contributed by atoms with Crippen LogP contribution in [0.15, 0.2) is 218 Å². The van der Waals surface area contributed by atoms with Gasteiger partial charge in [0, 0.05) is 33.1 Å². The summed E-state index contributed by atoms with van der Waals surface area (Å²) in [5.41, 5.74) is 14.0. The molecule has 0 fully saturated rings. The van der Waals surface area contributed by atoms with Crippen LogP contribution in [0.1, 0.15) is 0 Å². The Morgan fingerprint density at radius 1 is 0.315 bits per heavy atom. The lowest BCUT2D eigenvalue weighted by atomic mass is 9.99. The van der Waals surface area contributed by atoms with Crippen molar-refractivity contribution in [2.75, 3.05) is 4.90 Å². The number of aromatic nitrogens is 1. The van der Waals surface area contributed by atoms with E-state index in [0.717, 1.165) is 22.7 Å². The number of fused-ring (bicyclic) bond motifs is 5. The van der Waals surface area contributed by atoms with E-state index in [1.807, 2.05) is 0 Å². The van der Waals surface area contributed by atoms with Gasteiger partial charge in [-0.15, -0.1) is 0 Å². The molecule has 0 amide bonds. The molecule has 0 radical (unpaired) electrons. The number of nitrogens with zero attached hydrogens (tertiary/aromatic N) is 2. The van der Waals surface area contributed by atoms with Gasteiger partial charge in [-0.1, -0.05) is 176 Å². The first-order valence-electron chi connectivity index (χ1n) is 18.5. The number of hydrogen-bond acceptors (Lipinski definition) is 1. The molecule has 0 bridgehead atoms. The molecule has 0 aliphatic heterocycles. The third-order valence-corrected chi connectivity index (χ3v) is 10.6. The fourth-order valence-corrected chi connectivity index (χ4v) is 8.08. The standard InChI is InChI=1S/C52H36N2/c1-4-16-37(17-5-1)39-28-32-42(33-29-39)53(43-34-30-40(31-35-43)38-18-6-2-7-19-38)50-36-51-52(46-24-11-10-23-45(46)50)47-25-13-15-27-49(47)54(51)48-26-14-12-22-44(48)41-20-8-3-9-21-41/h1-36H. The molecule has 2 heteroatoms. The van der Waals surface area contributed by atoms with Gasteiger partial charge in [-0.25, -0.2) is 0 Å². The molecule has 0 spiro atoms. The molecule has 0 saturated heterocycles. The average molecular weight is 689 g/mol. The van der Waals surface area contributed by atoms with Crippen molar-refractivity contribution in [1.82, 2.24) is 4.57 Å². The summed E-state index contributed by atoms with van der Waals surface area (Å²) in [6.07, 6.45) is 0. The SMILES string of the molecule is c1ccc(-c2ccc(N(c3ccc(-c4ccccc4)cc3)c3cc4c(c5ccccc35)c3ccccc3n4-c3ccccc3-c3ccccc3)cc2)cc1. The summed E-state index contributed by atoms with van der Waals surface area (Å²) in [5, 5.41) is 4.92. The molecule has 0 N–H and O–H groups in total. The number of para-hydroxylation sites is 2. The molecule has 54 heavy (non-hydrogen) atoms. The highest BCUT2D eigenvalue weighted by atomic mass is 15.1. The lowest BCUT2D eigenvalue weighted by Crippen LogP contribution is -2.11. The third-order valence-electron chi connectivity index (χ3n) is 10.6. The van der Waals surface area contributed by atoms with E-state index in [-0.39, 0.29) is 0 Å². The summed E-state index contributed by atoms with van der Waals surface area (Å²) in [4.78, 5) is 2.43. The Balaban J connectivity index is 1.25. The normalized spacial score (nSPS) is 11.3. The highest BCUT2D eigenvalue weighted by Gasteiger charge is 2.23. The molecule has 1 aromatic heterocycles. The van der Waals surface area contributed by atoms with Crippen LogP contribution in [-0.2, 0) is 0 Å². The molecule has 0 unspecified atom stereocenters. The molecule has 9 aromatic carbocycles. The summed E-state index contributed by atoms with van der Waals surface area (Å²) in [7, 11) is 0. The van der Waals surface area contributed by atoms with Gasteiger partial charge in [0.05, 0.1) is 22.4 Å². The number of benzene rings is 9. The summed E-state index contributed by atoms with van der Waals surface area (Å²) in [6, 6.07) is 78.8. The topological polar surface area (TPSA) is 8.17 Å². The van der Waals surface area contributed by atoms with E-state index in [1.165, 1.54) is 66.0 Å². The second-order valence-corrected chi connectivity index (χ2v) is 13.7. The van der Waals surface area contributed by atoms with Crippen molar-refractivity contribution in [3.05, 3.63) is 218 Å². The lowest BCUT2D eigenvalue weighted by molar-refractivity contribution is 1.18. The number of hydrogen-bond donors (Lipinski definition) is 0. The lowest BCUT2D eigenvalue weighted by Gasteiger charge is -2.28. The van der Waals surface area contributed by atoms with Crippen LogP contribution in [0.2, 0.25) is 0 Å². The molecule has 10 rings (SSSR count). The van der Waals surface area contributed by atoms with Crippen molar-refractivity contribution in [3.8, 4) is 39.1 Å². The maximum absolute atomic E-state index is 2.47. The van der Waals surface area contributed by atoms with Gasteiger partial charge in [-0.3, -0.25) is 0 Å². The van der Waals surface area contributed by atoms with Crippen LogP contribution in [0.3, 0.4) is 0 Å². The Labute approximate surface area is 315 Å². The van der Waals surface area contributed by atoms with Gasteiger partial charge in [0.25, 0.3) is 0 Å². The van der Waals surface area contributed by atoms with Crippen molar-refractivity contribution >= 4 is 49.6 Å². The van der Waals surface area contributed by atoms with Crippen LogP contribution in [0, 0.1) is 0 Å². The summed E-state index contributed by atoms with van der Waals surface area (Å²) in [5.74, 6) is 0. The van der Waals surface area contributed by atoms with E-state index >= 15 is 0 Å². The molecular weight excluding hydrogens is 653 g/mol. The Bertz CT molecular complexity index is 2810. The number of anilines is 3. The van der Waals surface area contributed by atoms with Crippen LogP contribution in [0.4, 0.5) is 17.1 Å². The minimum absolute atomic E-state index is 1.10. The van der Waals surface area contributed by atoms with E-state index in [2.05, 4.69) is 228 Å².